The molecule has 4 nitrogen and oxygen atoms in total. The van der Waals surface area contributed by atoms with E-state index in [9.17, 15) is 9.59 Å². The van der Waals surface area contributed by atoms with Crippen LogP contribution in [0.4, 0.5) is 0 Å². The van der Waals surface area contributed by atoms with Gasteiger partial charge in [0.05, 0.1) is 0 Å². The Hall–Kier alpha value is -1.06. The van der Waals surface area contributed by atoms with Crippen LogP contribution in [0.25, 0.3) is 0 Å². The SMILES string of the molecule is CCCCCCCCCCCCCCN1C(=O)CC[C@H]1C(=O)O. The minimum absolute atomic E-state index is 0.0143. The van der Waals surface area contributed by atoms with Gasteiger partial charge in [0.1, 0.15) is 6.04 Å². The molecule has 1 fully saturated rings. The van der Waals surface area contributed by atoms with Gasteiger partial charge in [-0.3, -0.25) is 4.79 Å². The van der Waals surface area contributed by atoms with Gasteiger partial charge in [-0.05, 0) is 12.8 Å². The number of carbonyl (C=O) groups is 2. The van der Waals surface area contributed by atoms with Gasteiger partial charge in [-0.15, -0.1) is 0 Å². The molecule has 1 aliphatic heterocycles. The van der Waals surface area contributed by atoms with Crippen LogP contribution in [-0.2, 0) is 9.59 Å². The van der Waals surface area contributed by atoms with Crippen molar-refractivity contribution >= 4 is 11.9 Å². The van der Waals surface area contributed by atoms with Crippen molar-refractivity contribution in [3.05, 3.63) is 0 Å². The fraction of sp³-hybridized carbons (Fsp3) is 0.895. The zero-order valence-corrected chi connectivity index (χ0v) is 14.9. The normalized spacial score (nSPS) is 17.9. The molecule has 1 N–H and O–H groups in total. The lowest BCUT2D eigenvalue weighted by molar-refractivity contribution is -0.146. The van der Waals surface area contributed by atoms with E-state index in [1.165, 1.54) is 64.2 Å². The van der Waals surface area contributed by atoms with Crippen molar-refractivity contribution in [2.75, 3.05) is 6.54 Å². The predicted octanol–water partition coefficient (Wildman–Crippen LogP) is 4.76. The van der Waals surface area contributed by atoms with E-state index < -0.39 is 12.0 Å². The molecule has 1 atom stereocenters. The van der Waals surface area contributed by atoms with E-state index in [0.29, 0.717) is 19.4 Å². The summed E-state index contributed by atoms with van der Waals surface area (Å²) in [5.41, 5.74) is 0. The molecular formula is C19H35NO3. The fourth-order valence-electron chi connectivity index (χ4n) is 3.39. The Morgan fingerprint density at radius 1 is 0.957 bits per heavy atom. The van der Waals surface area contributed by atoms with Gasteiger partial charge in [-0.2, -0.15) is 0 Å². The summed E-state index contributed by atoms with van der Waals surface area (Å²) in [4.78, 5) is 24.3. The Labute approximate surface area is 141 Å². The second-order valence-corrected chi connectivity index (χ2v) is 6.87. The summed E-state index contributed by atoms with van der Waals surface area (Å²) in [6, 6.07) is -0.574. The Morgan fingerprint density at radius 3 is 1.91 bits per heavy atom. The van der Waals surface area contributed by atoms with E-state index >= 15 is 0 Å². The highest BCUT2D eigenvalue weighted by Crippen LogP contribution is 2.20. The summed E-state index contributed by atoms with van der Waals surface area (Å²) in [5, 5.41) is 9.10. The number of unbranched alkanes of at least 4 members (excludes halogenated alkanes) is 11. The number of amides is 1. The van der Waals surface area contributed by atoms with E-state index in [1.54, 1.807) is 4.90 Å². The molecule has 1 aliphatic rings. The van der Waals surface area contributed by atoms with Crippen molar-refractivity contribution in [3.8, 4) is 0 Å². The number of rotatable bonds is 14. The fourth-order valence-corrected chi connectivity index (χ4v) is 3.39. The van der Waals surface area contributed by atoms with Crippen LogP contribution >= 0.6 is 0 Å². The van der Waals surface area contributed by atoms with Crippen LogP contribution in [0, 0.1) is 0 Å². The summed E-state index contributed by atoms with van der Waals surface area (Å²) >= 11 is 0. The zero-order chi connectivity index (χ0) is 16.9. The number of hydrogen-bond donors (Lipinski definition) is 1. The van der Waals surface area contributed by atoms with Crippen molar-refractivity contribution in [1.29, 1.82) is 0 Å². The number of aliphatic carboxylic acids is 1. The predicted molar refractivity (Wildman–Crippen MR) is 93.4 cm³/mol. The van der Waals surface area contributed by atoms with Crippen LogP contribution in [0.1, 0.15) is 96.8 Å². The second kappa shape index (κ2) is 12.4. The molecule has 1 heterocycles. The zero-order valence-electron chi connectivity index (χ0n) is 14.9. The number of carbonyl (C=O) groups excluding carboxylic acids is 1. The molecule has 1 saturated heterocycles. The second-order valence-electron chi connectivity index (χ2n) is 6.87. The van der Waals surface area contributed by atoms with Crippen molar-refractivity contribution in [2.24, 2.45) is 0 Å². The summed E-state index contributed by atoms with van der Waals surface area (Å²) in [6.07, 6.45) is 16.3. The van der Waals surface area contributed by atoms with Gasteiger partial charge in [0.15, 0.2) is 0 Å². The lowest BCUT2D eigenvalue weighted by Crippen LogP contribution is -2.39. The monoisotopic (exact) mass is 325 g/mol. The Morgan fingerprint density at radius 2 is 1.43 bits per heavy atom. The largest absolute Gasteiger partial charge is 0.480 e. The molecule has 0 spiro atoms. The maximum absolute atomic E-state index is 11.7. The summed E-state index contributed by atoms with van der Waals surface area (Å²) < 4.78 is 0. The summed E-state index contributed by atoms with van der Waals surface area (Å²) in [5.74, 6) is -0.838. The first kappa shape index (κ1) is 20.0. The first-order valence-corrected chi connectivity index (χ1v) is 9.69. The smallest absolute Gasteiger partial charge is 0.326 e. The molecule has 0 aliphatic carbocycles. The maximum atomic E-state index is 11.7. The van der Waals surface area contributed by atoms with Crippen LogP contribution in [-0.4, -0.2) is 34.5 Å². The van der Waals surface area contributed by atoms with Gasteiger partial charge in [0, 0.05) is 13.0 Å². The molecule has 0 aromatic rings. The summed E-state index contributed by atoms with van der Waals surface area (Å²) in [6.45, 7) is 2.87. The molecule has 134 valence electrons. The molecule has 1 amide bonds. The highest BCUT2D eigenvalue weighted by atomic mass is 16.4. The molecule has 0 saturated carbocycles. The average Bonchev–Trinajstić information content (AvgIpc) is 2.89. The highest BCUT2D eigenvalue weighted by molar-refractivity contribution is 5.87. The lowest BCUT2D eigenvalue weighted by atomic mass is 10.1. The van der Waals surface area contributed by atoms with Crippen LogP contribution < -0.4 is 0 Å². The van der Waals surface area contributed by atoms with Crippen LogP contribution in [0.2, 0.25) is 0 Å². The Kier molecular flexibility index (Phi) is 10.8. The number of nitrogens with zero attached hydrogens (tertiary/aromatic N) is 1. The van der Waals surface area contributed by atoms with Gasteiger partial charge in [0.2, 0.25) is 5.91 Å². The van der Waals surface area contributed by atoms with Crippen LogP contribution in [0.3, 0.4) is 0 Å². The van der Waals surface area contributed by atoms with Gasteiger partial charge in [0.25, 0.3) is 0 Å². The van der Waals surface area contributed by atoms with Gasteiger partial charge < -0.3 is 10.0 Å². The van der Waals surface area contributed by atoms with Crippen LogP contribution in [0.15, 0.2) is 0 Å². The number of hydrogen-bond acceptors (Lipinski definition) is 2. The van der Waals surface area contributed by atoms with E-state index in [0.717, 1.165) is 12.8 Å². The number of carboxylic acids is 1. The Balaban J connectivity index is 1.91. The third-order valence-electron chi connectivity index (χ3n) is 4.87. The van der Waals surface area contributed by atoms with Gasteiger partial charge >= 0.3 is 5.97 Å². The quantitative estimate of drug-likeness (QED) is 0.468. The first-order valence-electron chi connectivity index (χ1n) is 9.69. The molecule has 0 radical (unpaired) electrons. The molecule has 23 heavy (non-hydrogen) atoms. The van der Waals surface area contributed by atoms with E-state index in [1.807, 2.05) is 0 Å². The van der Waals surface area contributed by atoms with E-state index in [4.69, 9.17) is 5.11 Å². The standard InChI is InChI=1S/C19H35NO3/c1-2-3-4-5-6-7-8-9-10-11-12-13-16-20-17(19(22)23)14-15-18(20)21/h17H,2-16H2,1H3,(H,22,23)/t17-/m0/s1. The molecule has 4 heteroatoms. The molecule has 1 rings (SSSR count). The van der Waals surface area contributed by atoms with E-state index in [2.05, 4.69) is 6.92 Å². The van der Waals surface area contributed by atoms with Crippen molar-refractivity contribution in [2.45, 2.75) is 103 Å². The maximum Gasteiger partial charge on any atom is 0.326 e. The third-order valence-corrected chi connectivity index (χ3v) is 4.87. The van der Waals surface area contributed by atoms with Gasteiger partial charge in [-0.25, -0.2) is 4.79 Å². The minimum atomic E-state index is -0.852. The number of carboxylic acid groups (broad SMARTS) is 1. The lowest BCUT2D eigenvalue weighted by Gasteiger charge is -2.21. The van der Waals surface area contributed by atoms with Crippen molar-refractivity contribution < 1.29 is 14.7 Å². The highest BCUT2D eigenvalue weighted by Gasteiger charge is 2.35. The van der Waals surface area contributed by atoms with Crippen LogP contribution in [0.5, 0.6) is 0 Å². The average molecular weight is 325 g/mol. The molecule has 0 unspecified atom stereocenters. The topological polar surface area (TPSA) is 57.6 Å². The first-order chi connectivity index (χ1) is 11.2. The van der Waals surface area contributed by atoms with Crippen molar-refractivity contribution in [3.63, 3.8) is 0 Å². The number of likely N-dealkylation sites (tertiary alicyclic amines) is 1. The van der Waals surface area contributed by atoms with Gasteiger partial charge in [-0.1, -0.05) is 77.6 Å². The van der Waals surface area contributed by atoms with Crippen molar-refractivity contribution in [1.82, 2.24) is 4.90 Å². The molecule has 0 bridgehead atoms. The molecular weight excluding hydrogens is 290 g/mol. The third kappa shape index (κ3) is 8.38. The summed E-state index contributed by atoms with van der Waals surface area (Å²) in [7, 11) is 0. The Bertz CT molecular complexity index is 344. The van der Waals surface area contributed by atoms with E-state index in [-0.39, 0.29) is 5.91 Å². The minimum Gasteiger partial charge on any atom is -0.480 e. The molecule has 0 aromatic heterocycles. The molecule has 0 aromatic carbocycles.